The molecule has 1 aromatic heterocycles. The van der Waals surface area contributed by atoms with Crippen molar-refractivity contribution in [1.82, 2.24) is 19.8 Å². The van der Waals surface area contributed by atoms with Crippen LogP contribution in [-0.4, -0.2) is 47.0 Å². The van der Waals surface area contributed by atoms with Crippen molar-refractivity contribution in [1.29, 1.82) is 0 Å². The molecular weight excluding hydrogens is 240 g/mol. The van der Waals surface area contributed by atoms with Gasteiger partial charge in [-0.3, -0.25) is 4.79 Å². The van der Waals surface area contributed by atoms with Crippen LogP contribution in [0.5, 0.6) is 0 Å². The number of carbonyl (C=O) groups excluding carboxylic acids is 1. The molecule has 0 radical (unpaired) electrons. The minimum absolute atomic E-state index is 0.131. The molecule has 2 heterocycles. The van der Waals surface area contributed by atoms with Crippen molar-refractivity contribution >= 4 is 5.91 Å². The first-order valence-corrected chi connectivity index (χ1v) is 7.08. The maximum absolute atomic E-state index is 11.3. The second kappa shape index (κ2) is 6.70. The maximum atomic E-state index is 11.3. The van der Waals surface area contributed by atoms with Crippen LogP contribution >= 0.6 is 0 Å². The molecule has 106 valence electrons. The third-order valence-corrected chi connectivity index (χ3v) is 3.93. The van der Waals surface area contributed by atoms with E-state index < -0.39 is 0 Å². The number of nitrogens with zero attached hydrogens (tertiary/aromatic N) is 3. The summed E-state index contributed by atoms with van der Waals surface area (Å²) in [5.41, 5.74) is 0. The fourth-order valence-electron chi connectivity index (χ4n) is 2.76. The molecule has 1 amide bonds. The van der Waals surface area contributed by atoms with Gasteiger partial charge in [-0.1, -0.05) is 0 Å². The molecule has 1 aliphatic heterocycles. The van der Waals surface area contributed by atoms with Gasteiger partial charge in [0.25, 0.3) is 0 Å². The first-order valence-electron chi connectivity index (χ1n) is 7.08. The molecule has 1 aromatic rings. The van der Waals surface area contributed by atoms with Crippen molar-refractivity contribution in [3.8, 4) is 0 Å². The van der Waals surface area contributed by atoms with E-state index in [-0.39, 0.29) is 5.91 Å². The van der Waals surface area contributed by atoms with Crippen molar-refractivity contribution in [2.75, 3.05) is 26.7 Å². The van der Waals surface area contributed by atoms with Gasteiger partial charge in [0.2, 0.25) is 5.91 Å². The highest BCUT2D eigenvalue weighted by Crippen LogP contribution is 2.20. The molecule has 5 nitrogen and oxygen atoms in total. The Morgan fingerprint density at radius 3 is 3.11 bits per heavy atom. The van der Waals surface area contributed by atoms with E-state index in [9.17, 15) is 4.79 Å². The molecule has 0 aliphatic carbocycles. The number of rotatable bonds is 5. The summed E-state index contributed by atoms with van der Waals surface area (Å²) in [5, 5.41) is 2.68. The Morgan fingerprint density at radius 1 is 1.58 bits per heavy atom. The molecule has 0 unspecified atom stereocenters. The molecule has 1 fully saturated rings. The van der Waals surface area contributed by atoms with E-state index in [1.54, 1.807) is 7.05 Å². The van der Waals surface area contributed by atoms with E-state index in [2.05, 4.69) is 26.8 Å². The molecule has 5 heteroatoms. The smallest absolute Gasteiger partial charge is 0.221 e. The largest absolute Gasteiger partial charge is 0.359 e. The quantitative estimate of drug-likeness (QED) is 0.856. The van der Waals surface area contributed by atoms with Crippen LogP contribution in [0, 0.1) is 5.92 Å². The highest BCUT2D eigenvalue weighted by Gasteiger charge is 2.21. The van der Waals surface area contributed by atoms with Crippen LogP contribution < -0.4 is 5.32 Å². The van der Waals surface area contributed by atoms with Crippen LogP contribution in [0.1, 0.15) is 25.1 Å². The van der Waals surface area contributed by atoms with Crippen molar-refractivity contribution in [2.45, 2.75) is 25.7 Å². The summed E-state index contributed by atoms with van der Waals surface area (Å²) in [7, 11) is 3.75. The summed E-state index contributed by atoms with van der Waals surface area (Å²) in [6.07, 6.45) is 8.00. The van der Waals surface area contributed by atoms with Gasteiger partial charge in [0.15, 0.2) is 0 Å². The topological polar surface area (TPSA) is 50.2 Å². The number of aryl methyl sites for hydroxylation is 1. The Bertz CT molecular complexity index is 415. The van der Waals surface area contributed by atoms with Crippen LogP contribution in [0.2, 0.25) is 0 Å². The van der Waals surface area contributed by atoms with Crippen molar-refractivity contribution < 1.29 is 4.79 Å². The lowest BCUT2D eigenvalue weighted by Gasteiger charge is -2.32. The highest BCUT2D eigenvalue weighted by atomic mass is 16.1. The van der Waals surface area contributed by atoms with Crippen molar-refractivity contribution in [3.63, 3.8) is 0 Å². The van der Waals surface area contributed by atoms with Crippen LogP contribution in [0.25, 0.3) is 0 Å². The molecule has 2 rings (SSSR count). The monoisotopic (exact) mass is 264 g/mol. The van der Waals surface area contributed by atoms with Gasteiger partial charge in [0.05, 0.1) is 0 Å². The fourth-order valence-corrected chi connectivity index (χ4v) is 2.76. The Balaban J connectivity index is 1.80. The van der Waals surface area contributed by atoms with Crippen molar-refractivity contribution in [3.05, 3.63) is 18.2 Å². The second-order valence-electron chi connectivity index (χ2n) is 5.39. The number of carbonyl (C=O) groups is 1. The summed E-state index contributed by atoms with van der Waals surface area (Å²) in [5.74, 6) is 1.96. The number of hydrogen-bond acceptors (Lipinski definition) is 3. The van der Waals surface area contributed by atoms with E-state index in [0.717, 1.165) is 31.9 Å². The Hall–Kier alpha value is -1.36. The standard InChI is InChI=1S/C14H24N4O/c1-15-14(19)5-8-18-7-3-4-12(11-18)10-13-16-6-9-17(13)2/h6,9,12H,3-5,7-8,10-11H2,1-2H3,(H,15,19)/t12-/m0/s1. The van der Waals surface area contributed by atoms with Gasteiger partial charge in [-0.05, 0) is 25.3 Å². The highest BCUT2D eigenvalue weighted by molar-refractivity contribution is 5.75. The molecule has 1 N–H and O–H groups in total. The Morgan fingerprint density at radius 2 is 2.42 bits per heavy atom. The van der Waals surface area contributed by atoms with Crippen LogP contribution in [0.4, 0.5) is 0 Å². The third-order valence-electron chi connectivity index (χ3n) is 3.93. The van der Waals surface area contributed by atoms with Crippen LogP contribution in [0.15, 0.2) is 12.4 Å². The van der Waals surface area contributed by atoms with Gasteiger partial charge in [-0.15, -0.1) is 0 Å². The van der Waals surface area contributed by atoms with Gasteiger partial charge in [0.1, 0.15) is 5.82 Å². The van der Waals surface area contributed by atoms with Gasteiger partial charge in [-0.2, -0.15) is 0 Å². The lowest BCUT2D eigenvalue weighted by atomic mass is 9.94. The number of imidazole rings is 1. The summed E-state index contributed by atoms with van der Waals surface area (Å²) >= 11 is 0. The van der Waals surface area contributed by atoms with E-state index in [1.807, 2.05) is 12.4 Å². The van der Waals surface area contributed by atoms with Gasteiger partial charge in [0, 0.05) is 52.4 Å². The minimum Gasteiger partial charge on any atom is -0.359 e. The number of likely N-dealkylation sites (tertiary alicyclic amines) is 1. The van der Waals surface area contributed by atoms with Gasteiger partial charge < -0.3 is 14.8 Å². The molecule has 19 heavy (non-hydrogen) atoms. The zero-order valence-electron chi connectivity index (χ0n) is 11.9. The first-order chi connectivity index (χ1) is 9.19. The molecule has 1 atom stereocenters. The Labute approximate surface area is 115 Å². The minimum atomic E-state index is 0.131. The van der Waals surface area contributed by atoms with Crippen LogP contribution in [-0.2, 0) is 18.3 Å². The fraction of sp³-hybridized carbons (Fsp3) is 0.714. The lowest BCUT2D eigenvalue weighted by molar-refractivity contribution is -0.121. The van der Waals surface area contributed by atoms with E-state index in [1.165, 1.54) is 12.8 Å². The molecule has 1 saturated heterocycles. The molecule has 0 saturated carbocycles. The summed E-state index contributed by atoms with van der Waals surface area (Å²) < 4.78 is 2.10. The van der Waals surface area contributed by atoms with E-state index in [0.29, 0.717) is 12.3 Å². The molecule has 1 aliphatic rings. The molecular formula is C14H24N4O. The third kappa shape index (κ3) is 4.06. The predicted molar refractivity (Wildman–Crippen MR) is 74.8 cm³/mol. The number of hydrogen-bond donors (Lipinski definition) is 1. The number of piperidine rings is 1. The summed E-state index contributed by atoms with van der Waals surface area (Å²) in [6, 6.07) is 0. The second-order valence-corrected chi connectivity index (χ2v) is 5.39. The zero-order valence-corrected chi connectivity index (χ0v) is 11.9. The predicted octanol–water partition coefficient (Wildman–Crippen LogP) is 0.811. The average Bonchev–Trinajstić information content (AvgIpc) is 2.82. The van der Waals surface area contributed by atoms with Crippen LogP contribution in [0.3, 0.4) is 0 Å². The molecule has 0 bridgehead atoms. The molecule has 0 spiro atoms. The van der Waals surface area contributed by atoms with Gasteiger partial charge in [-0.25, -0.2) is 4.98 Å². The average molecular weight is 264 g/mol. The Kier molecular flexibility index (Phi) is 4.96. The summed E-state index contributed by atoms with van der Waals surface area (Å²) in [6.45, 7) is 3.08. The number of amides is 1. The zero-order chi connectivity index (χ0) is 13.7. The number of nitrogens with one attached hydrogen (secondary N) is 1. The van der Waals surface area contributed by atoms with E-state index in [4.69, 9.17) is 0 Å². The lowest BCUT2D eigenvalue weighted by Crippen LogP contribution is -2.38. The SMILES string of the molecule is CNC(=O)CCN1CCC[C@@H](Cc2nccn2C)C1. The first kappa shape index (κ1) is 14.1. The molecule has 0 aromatic carbocycles. The van der Waals surface area contributed by atoms with Gasteiger partial charge >= 0.3 is 0 Å². The normalized spacial score (nSPS) is 20.4. The summed E-state index contributed by atoms with van der Waals surface area (Å²) in [4.78, 5) is 18.1. The number of aromatic nitrogens is 2. The van der Waals surface area contributed by atoms with E-state index >= 15 is 0 Å². The maximum Gasteiger partial charge on any atom is 0.221 e. The van der Waals surface area contributed by atoms with Crippen molar-refractivity contribution in [2.24, 2.45) is 13.0 Å².